The molecule has 0 aliphatic heterocycles. The van der Waals surface area contributed by atoms with Crippen LogP contribution in [-0.2, 0) is 11.3 Å². The minimum absolute atomic E-state index is 0.0894. The van der Waals surface area contributed by atoms with E-state index in [1.165, 1.54) is 5.56 Å². The maximum absolute atomic E-state index is 12.1. The number of hydrogen-bond acceptors (Lipinski definition) is 3. The minimum Gasteiger partial charge on any atom is -0.301 e. The minimum atomic E-state index is -0.0894. The molecule has 0 saturated heterocycles. The van der Waals surface area contributed by atoms with Crippen molar-refractivity contribution in [2.45, 2.75) is 33.2 Å². The Morgan fingerprint density at radius 1 is 1.53 bits per heavy atom. The van der Waals surface area contributed by atoms with Crippen LogP contribution in [0.4, 0.5) is 0 Å². The number of carbonyl (C=O) groups is 1. The maximum atomic E-state index is 12.1. The van der Waals surface area contributed by atoms with Gasteiger partial charge in [-0.05, 0) is 42.3 Å². The number of carbonyl (C=O) groups excluding carboxylic acids is 1. The fourth-order valence-corrected chi connectivity index (χ4v) is 3.31. The quantitative estimate of drug-likeness (QED) is 0.819. The molecule has 17 heavy (non-hydrogen) atoms. The molecular weight excluding hydrogens is 230 g/mol. The second kappa shape index (κ2) is 4.91. The summed E-state index contributed by atoms with van der Waals surface area (Å²) in [5, 5.41) is 4.28. The van der Waals surface area contributed by atoms with Crippen LogP contribution in [0.25, 0.3) is 0 Å². The summed E-state index contributed by atoms with van der Waals surface area (Å²) in [4.78, 5) is 14.4. The number of ketones is 1. The fourth-order valence-electron chi connectivity index (χ4n) is 2.65. The lowest BCUT2D eigenvalue weighted by Crippen LogP contribution is -2.31. The van der Waals surface area contributed by atoms with Crippen molar-refractivity contribution in [3.63, 3.8) is 0 Å². The summed E-state index contributed by atoms with van der Waals surface area (Å²) in [5.41, 5.74) is 1.26. The molecule has 1 atom stereocenters. The highest BCUT2D eigenvalue weighted by Gasteiger charge is 2.40. The van der Waals surface area contributed by atoms with Gasteiger partial charge in [0, 0.05) is 24.4 Å². The Morgan fingerprint density at radius 2 is 2.29 bits per heavy atom. The molecule has 0 aromatic carbocycles. The molecular formula is C14H21NOS. The molecule has 0 radical (unpaired) electrons. The van der Waals surface area contributed by atoms with Gasteiger partial charge in [0.15, 0.2) is 0 Å². The highest BCUT2D eigenvalue weighted by Crippen LogP contribution is 2.37. The van der Waals surface area contributed by atoms with Gasteiger partial charge in [-0.2, -0.15) is 11.3 Å². The molecule has 1 aliphatic carbocycles. The molecule has 1 aromatic rings. The highest BCUT2D eigenvalue weighted by atomic mass is 32.1. The lowest BCUT2D eigenvalue weighted by Gasteiger charge is -2.21. The van der Waals surface area contributed by atoms with Gasteiger partial charge in [0.1, 0.15) is 5.78 Å². The second-order valence-electron chi connectivity index (χ2n) is 5.81. The number of nitrogens with zero attached hydrogens (tertiary/aromatic N) is 1. The van der Waals surface area contributed by atoms with Gasteiger partial charge in [-0.25, -0.2) is 0 Å². The smallest absolute Gasteiger partial charge is 0.142 e. The predicted molar refractivity (Wildman–Crippen MR) is 72.2 cm³/mol. The molecule has 1 fully saturated rings. The van der Waals surface area contributed by atoms with Crippen molar-refractivity contribution in [2.75, 3.05) is 13.6 Å². The third kappa shape index (κ3) is 2.96. The molecule has 1 heterocycles. The van der Waals surface area contributed by atoms with Crippen LogP contribution in [0.3, 0.4) is 0 Å². The third-order valence-corrected chi connectivity index (χ3v) is 4.45. The van der Waals surface area contributed by atoms with E-state index in [-0.39, 0.29) is 11.3 Å². The summed E-state index contributed by atoms with van der Waals surface area (Å²) >= 11 is 1.73. The van der Waals surface area contributed by atoms with E-state index in [0.717, 1.165) is 25.9 Å². The molecule has 0 N–H and O–H groups in total. The molecule has 0 spiro atoms. The molecule has 1 unspecified atom stereocenters. The second-order valence-corrected chi connectivity index (χ2v) is 6.59. The van der Waals surface area contributed by atoms with Crippen molar-refractivity contribution in [3.8, 4) is 0 Å². The predicted octanol–water partition coefficient (Wildman–Crippen LogP) is 3.19. The van der Waals surface area contributed by atoms with Gasteiger partial charge in [-0.15, -0.1) is 0 Å². The van der Waals surface area contributed by atoms with E-state index in [9.17, 15) is 4.79 Å². The molecule has 94 valence electrons. The average molecular weight is 251 g/mol. The first-order valence-electron chi connectivity index (χ1n) is 6.23. The summed E-state index contributed by atoms with van der Waals surface area (Å²) in [6, 6.07) is 2.15. The van der Waals surface area contributed by atoms with Crippen LogP contribution in [0.15, 0.2) is 16.8 Å². The lowest BCUT2D eigenvalue weighted by atomic mass is 9.89. The van der Waals surface area contributed by atoms with Gasteiger partial charge in [0.2, 0.25) is 0 Å². The van der Waals surface area contributed by atoms with Crippen molar-refractivity contribution in [1.29, 1.82) is 0 Å². The van der Waals surface area contributed by atoms with E-state index >= 15 is 0 Å². The Bertz CT molecular complexity index is 383. The van der Waals surface area contributed by atoms with Crippen LogP contribution < -0.4 is 0 Å². The Morgan fingerprint density at radius 3 is 2.82 bits per heavy atom. The SMILES string of the molecule is CN(Cc1ccsc1)CC1CCC(C)(C)C1=O. The zero-order valence-corrected chi connectivity index (χ0v) is 11.7. The number of rotatable bonds is 4. The molecule has 0 amide bonds. The van der Waals surface area contributed by atoms with Crippen LogP contribution in [0, 0.1) is 11.3 Å². The topological polar surface area (TPSA) is 20.3 Å². The Labute approximate surface area is 108 Å². The first kappa shape index (κ1) is 12.8. The maximum Gasteiger partial charge on any atom is 0.142 e. The molecule has 2 rings (SSSR count). The van der Waals surface area contributed by atoms with Crippen molar-refractivity contribution in [2.24, 2.45) is 11.3 Å². The van der Waals surface area contributed by atoms with Gasteiger partial charge in [0.05, 0.1) is 0 Å². The first-order chi connectivity index (χ1) is 7.99. The van der Waals surface area contributed by atoms with Gasteiger partial charge in [-0.1, -0.05) is 13.8 Å². The van der Waals surface area contributed by atoms with E-state index in [1.54, 1.807) is 11.3 Å². The van der Waals surface area contributed by atoms with Crippen molar-refractivity contribution < 1.29 is 4.79 Å². The van der Waals surface area contributed by atoms with E-state index in [1.807, 2.05) is 0 Å². The van der Waals surface area contributed by atoms with Crippen LogP contribution in [0.2, 0.25) is 0 Å². The van der Waals surface area contributed by atoms with Gasteiger partial charge in [-0.3, -0.25) is 4.79 Å². The van der Waals surface area contributed by atoms with Crippen molar-refractivity contribution in [1.82, 2.24) is 4.90 Å². The summed E-state index contributed by atoms with van der Waals surface area (Å²) in [6.07, 6.45) is 2.10. The Balaban J connectivity index is 1.87. The number of Topliss-reactive ketones (excluding diaryl/α,β-unsaturated/α-hetero) is 1. The Hall–Kier alpha value is -0.670. The van der Waals surface area contributed by atoms with Gasteiger partial charge >= 0.3 is 0 Å². The molecule has 0 bridgehead atoms. The van der Waals surface area contributed by atoms with Gasteiger partial charge < -0.3 is 4.90 Å². The van der Waals surface area contributed by atoms with E-state index in [2.05, 4.69) is 42.6 Å². The summed E-state index contributed by atoms with van der Waals surface area (Å²) in [5.74, 6) is 0.698. The largest absolute Gasteiger partial charge is 0.301 e. The Kier molecular flexibility index (Phi) is 3.69. The summed E-state index contributed by atoms with van der Waals surface area (Å²) in [7, 11) is 2.11. The third-order valence-electron chi connectivity index (χ3n) is 3.72. The zero-order chi connectivity index (χ0) is 12.5. The van der Waals surface area contributed by atoms with Crippen molar-refractivity contribution in [3.05, 3.63) is 22.4 Å². The molecule has 1 saturated carbocycles. The van der Waals surface area contributed by atoms with Crippen LogP contribution in [0.5, 0.6) is 0 Å². The summed E-state index contributed by atoms with van der Waals surface area (Å²) in [6.45, 7) is 6.01. The number of hydrogen-bond donors (Lipinski definition) is 0. The monoisotopic (exact) mass is 251 g/mol. The zero-order valence-electron chi connectivity index (χ0n) is 10.9. The van der Waals surface area contributed by atoms with Crippen LogP contribution in [-0.4, -0.2) is 24.3 Å². The standard InChI is InChI=1S/C14H21NOS/c1-14(2)6-4-12(13(14)16)9-15(3)8-11-5-7-17-10-11/h5,7,10,12H,4,6,8-9H2,1-3H3. The molecule has 3 heteroatoms. The first-order valence-corrected chi connectivity index (χ1v) is 7.17. The van der Waals surface area contributed by atoms with E-state index in [4.69, 9.17) is 0 Å². The number of thiophene rings is 1. The normalized spacial score (nSPS) is 23.5. The fraction of sp³-hybridized carbons (Fsp3) is 0.643. The van der Waals surface area contributed by atoms with Crippen LogP contribution in [0.1, 0.15) is 32.3 Å². The van der Waals surface area contributed by atoms with E-state index < -0.39 is 0 Å². The molecule has 1 aromatic heterocycles. The van der Waals surface area contributed by atoms with Crippen LogP contribution >= 0.6 is 11.3 Å². The van der Waals surface area contributed by atoms with Crippen molar-refractivity contribution >= 4 is 17.1 Å². The highest BCUT2D eigenvalue weighted by molar-refractivity contribution is 7.07. The summed E-state index contributed by atoms with van der Waals surface area (Å²) < 4.78 is 0. The van der Waals surface area contributed by atoms with E-state index in [0.29, 0.717) is 5.78 Å². The molecule has 2 nitrogen and oxygen atoms in total. The lowest BCUT2D eigenvalue weighted by molar-refractivity contribution is -0.127. The average Bonchev–Trinajstić information content (AvgIpc) is 2.82. The van der Waals surface area contributed by atoms with Gasteiger partial charge in [0.25, 0.3) is 0 Å². The molecule has 1 aliphatic rings.